The standard InChI is InChI=1S/C24H34N4O3/c1-16(2)12-17(14-22(25)29)23(30)27-20-13-18-15-28(21-9-5-4-8-19(18)21)11-7-3-6-10-26-24(20)31/h4-5,8-9,15-17,20H,3,6-7,10-14H2,1-2H3,(H2,25,29)(H,26,31)(H,27,30)/t17-,20+/m1/s1. The Labute approximate surface area is 183 Å². The third-order valence-corrected chi connectivity index (χ3v) is 5.88. The molecule has 0 fully saturated rings. The topological polar surface area (TPSA) is 106 Å². The molecule has 3 rings (SSSR count). The highest BCUT2D eigenvalue weighted by Crippen LogP contribution is 2.24. The molecule has 2 atom stereocenters. The number of nitrogens with two attached hydrogens (primary N) is 1. The van der Waals surface area contributed by atoms with Gasteiger partial charge in [0.25, 0.3) is 0 Å². The van der Waals surface area contributed by atoms with Gasteiger partial charge in [-0.15, -0.1) is 0 Å². The number of aromatic nitrogens is 1. The molecule has 0 saturated heterocycles. The number of nitrogens with one attached hydrogen (secondary N) is 2. The van der Waals surface area contributed by atoms with E-state index in [-0.39, 0.29) is 24.2 Å². The van der Waals surface area contributed by atoms with E-state index in [9.17, 15) is 14.4 Å². The predicted molar refractivity (Wildman–Crippen MR) is 121 cm³/mol. The number of para-hydroxylation sites is 1. The Balaban J connectivity index is 1.88. The zero-order valence-corrected chi connectivity index (χ0v) is 18.5. The van der Waals surface area contributed by atoms with Gasteiger partial charge < -0.3 is 20.9 Å². The van der Waals surface area contributed by atoms with E-state index >= 15 is 0 Å². The lowest BCUT2D eigenvalue weighted by Gasteiger charge is -2.23. The zero-order chi connectivity index (χ0) is 22.4. The van der Waals surface area contributed by atoms with E-state index in [2.05, 4.69) is 33.5 Å². The van der Waals surface area contributed by atoms with E-state index in [0.29, 0.717) is 19.4 Å². The Hall–Kier alpha value is -2.83. The maximum Gasteiger partial charge on any atom is 0.242 e. The largest absolute Gasteiger partial charge is 0.370 e. The molecule has 0 saturated carbocycles. The highest BCUT2D eigenvalue weighted by molar-refractivity contribution is 5.91. The molecule has 168 valence electrons. The van der Waals surface area contributed by atoms with Gasteiger partial charge in [0, 0.05) is 48.9 Å². The highest BCUT2D eigenvalue weighted by atomic mass is 16.2. The fourth-order valence-electron chi connectivity index (χ4n) is 4.40. The van der Waals surface area contributed by atoms with Crippen LogP contribution in [0.25, 0.3) is 10.9 Å². The van der Waals surface area contributed by atoms with Gasteiger partial charge in [-0.3, -0.25) is 14.4 Å². The van der Waals surface area contributed by atoms with Crippen molar-refractivity contribution in [2.75, 3.05) is 6.54 Å². The van der Waals surface area contributed by atoms with Crippen LogP contribution in [0.15, 0.2) is 30.5 Å². The zero-order valence-electron chi connectivity index (χ0n) is 18.5. The van der Waals surface area contributed by atoms with Crippen LogP contribution < -0.4 is 16.4 Å². The Kier molecular flexibility index (Phi) is 7.71. The Morgan fingerprint density at radius 3 is 2.74 bits per heavy atom. The number of aryl methyl sites for hydroxylation is 1. The molecule has 0 aliphatic carbocycles. The van der Waals surface area contributed by atoms with E-state index < -0.39 is 17.9 Å². The van der Waals surface area contributed by atoms with Crippen molar-refractivity contribution in [1.29, 1.82) is 0 Å². The maximum atomic E-state index is 13.0. The summed E-state index contributed by atoms with van der Waals surface area (Å²) in [6.07, 6.45) is 6.01. The average molecular weight is 427 g/mol. The van der Waals surface area contributed by atoms with Crippen LogP contribution in [0, 0.1) is 11.8 Å². The monoisotopic (exact) mass is 426 g/mol. The summed E-state index contributed by atoms with van der Waals surface area (Å²) in [5, 5.41) is 7.00. The second-order valence-corrected chi connectivity index (χ2v) is 8.98. The molecule has 0 radical (unpaired) electrons. The van der Waals surface area contributed by atoms with Crippen molar-refractivity contribution in [2.24, 2.45) is 17.6 Å². The maximum absolute atomic E-state index is 13.0. The molecule has 0 spiro atoms. The number of hydrogen-bond acceptors (Lipinski definition) is 3. The van der Waals surface area contributed by atoms with Gasteiger partial charge >= 0.3 is 0 Å². The van der Waals surface area contributed by atoms with Gasteiger partial charge in [0.05, 0.1) is 0 Å². The summed E-state index contributed by atoms with van der Waals surface area (Å²) in [7, 11) is 0. The number of hydrogen-bond donors (Lipinski definition) is 3. The summed E-state index contributed by atoms with van der Waals surface area (Å²) in [5.74, 6) is -1.28. The van der Waals surface area contributed by atoms with Gasteiger partial charge in [-0.25, -0.2) is 0 Å². The lowest BCUT2D eigenvalue weighted by Crippen LogP contribution is -2.50. The predicted octanol–water partition coefficient (Wildman–Crippen LogP) is 2.51. The highest BCUT2D eigenvalue weighted by Gasteiger charge is 2.28. The molecule has 2 bridgehead atoms. The fourth-order valence-corrected chi connectivity index (χ4v) is 4.40. The van der Waals surface area contributed by atoms with Crippen LogP contribution in [-0.4, -0.2) is 34.9 Å². The molecule has 1 aromatic carbocycles. The first-order chi connectivity index (χ1) is 14.8. The first kappa shape index (κ1) is 22.8. The average Bonchev–Trinajstić information content (AvgIpc) is 3.05. The van der Waals surface area contributed by atoms with Crippen molar-refractivity contribution in [2.45, 2.75) is 65.0 Å². The molecule has 7 heteroatoms. The molecule has 2 aromatic rings. The van der Waals surface area contributed by atoms with Gasteiger partial charge in [-0.05, 0) is 43.2 Å². The lowest BCUT2D eigenvalue weighted by molar-refractivity contribution is -0.133. The minimum atomic E-state index is -0.700. The molecule has 0 unspecified atom stereocenters. The van der Waals surface area contributed by atoms with Gasteiger partial charge in [0.15, 0.2) is 0 Å². The van der Waals surface area contributed by atoms with E-state index in [1.165, 1.54) is 0 Å². The van der Waals surface area contributed by atoms with Crippen molar-refractivity contribution in [3.05, 3.63) is 36.0 Å². The molecule has 1 aromatic heterocycles. The van der Waals surface area contributed by atoms with Crippen LogP contribution in [0.1, 0.15) is 51.5 Å². The lowest BCUT2D eigenvalue weighted by atomic mass is 9.92. The van der Waals surface area contributed by atoms with E-state index in [0.717, 1.165) is 42.3 Å². The minimum Gasteiger partial charge on any atom is -0.370 e. The van der Waals surface area contributed by atoms with Crippen molar-refractivity contribution in [1.82, 2.24) is 15.2 Å². The molecule has 31 heavy (non-hydrogen) atoms. The number of benzene rings is 1. The summed E-state index contributed by atoms with van der Waals surface area (Å²) in [6, 6.07) is 7.47. The normalized spacial score (nSPS) is 18.7. The SMILES string of the molecule is CC(C)C[C@H](CC(N)=O)C(=O)N[C@H]1Cc2cn(c3ccccc23)CCCCCNC1=O. The molecular weight excluding hydrogens is 392 g/mol. The number of nitrogens with zero attached hydrogens (tertiary/aromatic N) is 1. The van der Waals surface area contributed by atoms with Crippen LogP contribution >= 0.6 is 0 Å². The summed E-state index contributed by atoms with van der Waals surface area (Å²) >= 11 is 0. The number of fused-ring (bicyclic) bond motifs is 5. The number of carbonyl (C=O) groups is 3. The van der Waals surface area contributed by atoms with Crippen molar-refractivity contribution in [3.63, 3.8) is 0 Å². The van der Waals surface area contributed by atoms with Gasteiger partial charge in [0.1, 0.15) is 6.04 Å². The third kappa shape index (κ3) is 6.09. The van der Waals surface area contributed by atoms with Crippen molar-refractivity contribution < 1.29 is 14.4 Å². The Morgan fingerprint density at radius 1 is 1.23 bits per heavy atom. The number of amides is 3. The Bertz CT molecular complexity index is 934. The summed E-state index contributed by atoms with van der Waals surface area (Å²) < 4.78 is 2.25. The molecular formula is C24H34N4O3. The quantitative estimate of drug-likeness (QED) is 0.661. The second-order valence-electron chi connectivity index (χ2n) is 8.98. The Morgan fingerprint density at radius 2 is 2.00 bits per heavy atom. The molecule has 1 aliphatic heterocycles. The summed E-state index contributed by atoms with van der Waals surface area (Å²) in [4.78, 5) is 37.5. The fraction of sp³-hybridized carbons (Fsp3) is 0.542. The molecule has 2 heterocycles. The van der Waals surface area contributed by atoms with E-state index in [1.54, 1.807) is 0 Å². The van der Waals surface area contributed by atoms with E-state index in [4.69, 9.17) is 5.73 Å². The van der Waals surface area contributed by atoms with Crippen molar-refractivity contribution in [3.8, 4) is 0 Å². The van der Waals surface area contributed by atoms with Crippen LogP contribution in [0.3, 0.4) is 0 Å². The molecule has 4 N–H and O–H groups in total. The van der Waals surface area contributed by atoms with Crippen LogP contribution in [0.4, 0.5) is 0 Å². The summed E-state index contributed by atoms with van der Waals surface area (Å²) in [6.45, 7) is 5.52. The summed E-state index contributed by atoms with van der Waals surface area (Å²) in [5.41, 5.74) is 7.55. The van der Waals surface area contributed by atoms with Crippen molar-refractivity contribution >= 4 is 28.6 Å². The molecule has 3 amide bonds. The number of rotatable bonds is 6. The number of carbonyl (C=O) groups excluding carboxylic acids is 3. The number of primary amides is 1. The first-order valence-electron chi connectivity index (χ1n) is 11.3. The minimum absolute atomic E-state index is 0.0162. The smallest absolute Gasteiger partial charge is 0.242 e. The first-order valence-corrected chi connectivity index (χ1v) is 11.3. The molecule has 1 aliphatic rings. The second kappa shape index (κ2) is 10.5. The van der Waals surface area contributed by atoms with Crippen LogP contribution in [0.5, 0.6) is 0 Å². The molecule has 7 nitrogen and oxygen atoms in total. The van der Waals surface area contributed by atoms with Crippen LogP contribution in [0.2, 0.25) is 0 Å². The van der Waals surface area contributed by atoms with E-state index in [1.807, 2.05) is 26.0 Å². The van der Waals surface area contributed by atoms with Crippen LogP contribution in [-0.2, 0) is 27.3 Å². The van der Waals surface area contributed by atoms with Gasteiger partial charge in [0.2, 0.25) is 17.7 Å². The third-order valence-electron chi connectivity index (χ3n) is 5.88. The van der Waals surface area contributed by atoms with Gasteiger partial charge in [-0.2, -0.15) is 0 Å². The van der Waals surface area contributed by atoms with Gasteiger partial charge in [-0.1, -0.05) is 32.0 Å².